The Kier molecular flexibility index (Phi) is 4.92. The lowest BCUT2D eigenvalue weighted by Crippen LogP contribution is -2.35. The fraction of sp³-hybridized carbons (Fsp3) is 0.429. The van der Waals surface area contributed by atoms with Gasteiger partial charge in [0.05, 0.1) is 11.6 Å². The Morgan fingerprint density at radius 1 is 1.53 bits per heavy atom. The molecular formula is C14H19NO4. The predicted octanol–water partition coefficient (Wildman–Crippen LogP) is 2.56. The average Bonchev–Trinajstić information content (AvgIpc) is 2.72. The lowest BCUT2D eigenvalue weighted by Gasteiger charge is -2.25. The minimum atomic E-state index is -1.09. The summed E-state index contributed by atoms with van der Waals surface area (Å²) >= 11 is 0. The minimum Gasteiger partial charge on any atom is -0.478 e. The smallest absolute Gasteiger partial charge is 0.414 e. The summed E-state index contributed by atoms with van der Waals surface area (Å²) in [7, 11) is 0. The molecule has 1 aliphatic heterocycles. The van der Waals surface area contributed by atoms with E-state index in [0.717, 1.165) is 0 Å². The maximum Gasteiger partial charge on any atom is 0.414 e. The Bertz CT molecular complexity index is 448. The third-order valence-electron chi connectivity index (χ3n) is 2.98. The first-order valence-corrected chi connectivity index (χ1v) is 6.11. The van der Waals surface area contributed by atoms with E-state index in [1.165, 1.54) is 6.08 Å². The van der Waals surface area contributed by atoms with Crippen LogP contribution in [-0.4, -0.2) is 34.7 Å². The number of ether oxygens (including phenoxy) is 1. The predicted molar refractivity (Wildman–Crippen MR) is 71.5 cm³/mol. The summed E-state index contributed by atoms with van der Waals surface area (Å²) in [4.78, 5) is 24.0. The second-order valence-corrected chi connectivity index (χ2v) is 4.64. The van der Waals surface area contributed by atoms with Crippen molar-refractivity contribution in [2.75, 3.05) is 6.61 Å². The first-order valence-electron chi connectivity index (χ1n) is 6.11. The molecule has 0 bridgehead atoms. The van der Waals surface area contributed by atoms with E-state index in [2.05, 4.69) is 6.58 Å². The minimum absolute atomic E-state index is 0.0342. The molecule has 104 valence electrons. The number of allylic oxidation sites excluding steroid dienone is 2. The summed E-state index contributed by atoms with van der Waals surface area (Å²) in [6, 6.07) is -0.0403. The van der Waals surface area contributed by atoms with E-state index >= 15 is 0 Å². The van der Waals surface area contributed by atoms with Gasteiger partial charge >= 0.3 is 12.1 Å². The molecule has 0 aromatic heterocycles. The second-order valence-electron chi connectivity index (χ2n) is 4.64. The highest BCUT2D eigenvalue weighted by Crippen LogP contribution is 2.25. The fourth-order valence-electron chi connectivity index (χ4n) is 1.80. The van der Waals surface area contributed by atoms with Crippen molar-refractivity contribution >= 4 is 12.1 Å². The topological polar surface area (TPSA) is 66.8 Å². The third-order valence-corrected chi connectivity index (χ3v) is 2.98. The number of carboxylic acid groups (broad SMARTS) is 1. The third kappa shape index (κ3) is 3.47. The molecule has 1 amide bonds. The van der Waals surface area contributed by atoms with E-state index in [9.17, 15) is 9.59 Å². The number of hydrogen-bond donors (Lipinski definition) is 1. The molecule has 1 rings (SSSR count). The average molecular weight is 265 g/mol. The van der Waals surface area contributed by atoms with Crippen molar-refractivity contribution in [3.05, 3.63) is 36.1 Å². The van der Waals surface area contributed by atoms with Gasteiger partial charge in [-0.3, -0.25) is 4.90 Å². The molecule has 5 heteroatoms. The molecule has 0 aromatic rings. The van der Waals surface area contributed by atoms with Crippen LogP contribution in [0.4, 0.5) is 4.79 Å². The standard InChI is InChI=1S/C14H19NO4/c1-5-11(7-6-10(4)13(16)17)15-12(9(2)3)8-19-14(15)18/h5-7,9,12H,4,8H2,1-3H3,(H,16,17)/b7-6-,11-5+/t12-/m1/s1. The van der Waals surface area contributed by atoms with Gasteiger partial charge in [-0.15, -0.1) is 0 Å². The van der Waals surface area contributed by atoms with E-state index < -0.39 is 12.1 Å². The van der Waals surface area contributed by atoms with Gasteiger partial charge in [0, 0.05) is 5.70 Å². The number of cyclic esters (lactones) is 1. The molecule has 0 unspecified atom stereocenters. The first kappa shape index (κ1) is 15.0. The van der Waals surface area contributed by atoms with Crippen molar-refractivity contribution in [2.45, 2.75) is 26.8 Å². The van der Waals surface area contributed by atoms with E-state index in [0.29, 0.717) is 12.3 Å². The number of aliphatic carboxylic acids is 1. The SMILES string of the molecule is C=C(/C=C\C(=C/C)N1C(=O)OC[C@@H]1C(C)C)C(=O)O. The van der Waals surface area contributed by atoms with Crippen LogP contribution in [0.15, 0.2) is 36.1 Å². The van der Waals surface area contributed by atoms with E-state index in [-0.39, 0.29) is 17.5 Å². The normalized spacial score (nSPS) is 20.2. The van der Waals surface area contributed by atoms with Crippen LogP contribution < -0.4 is 0 Å². The zero-order valence-corrected chi connectivity index (χ0v) is 11.4. The van der Waals surface area contributed by atoms with Gasteiger partial charge in [-0.05, 0) is 25.0 Å². The number of carbonyl (C=O) groups excluding carboxylic acids is 1. The van der Waals surface area contributed by atoms with Crippen LogP contribution in [0.3, 0.4) is 0 Å². The summed E-state index contributed by atoms with van der Waals surface area (Å²) in [6.07, 6.45) is 4.28. The van der Waals surface area contributed by atoms with E-state index in [1.54, 1.807) is 24.0 Å². The highest BCUT2D eigenvalue weighted by molar-refractivity contribution is 5.89. The molecule has 5 nitrogen and oxygen atoms in total. The largest absolute Gasteiger partial charge is 0.478 e. The van der Waals surface area contributed by atoms with Crippen LogP contribution in [0.1, 0.15) is 20.8 Å². The molecule has 0 saturated carbocycles. The van der Waals surface area contributed by atoms with Gasteiger partial charge in [0.1, 0.15) is 6.61 Å². The summed E-state index contributed by atoms with van der Waals surface area (Å²) in [5, 5.41) is 8.75. The van der Waals surface area contributed by atoms with E-state index in [4.69, 9.17) is 9.84 Å². The Labute approximate surface area is 112 Å². The molecule has 1 saturated heterocycles. The number of hydrogen-bond acceptors (Lipinski definition) is 3. The number of carbonyl (C=O) groups is 2. The molecule has 1 N–H and O–H groups in total. The van der Waals surface area contributed by atoms with Crippen molar-refractivity contribution in [1.29, 1.82) is 0 Å². The molecule has 0 radical (unpaired) electrons. The molecule has 1 heterocycles. The molecule has 1 aliphatic rings. The Hall–Kier alpha value is -2.04. The summed E-state index contributed by atoms with van der Waals surface area (Å²) in [6.45, 7) is 9.56. The van der Waals surface area contributed by atoms with Crippen molar-refractivity contribution in [3.63, 3.8) is 0 Å². The van der Waals surface area contributed by atoms with Gasteiger partial charge < -0.3 is 9.84 Å². The summed E-state index contributed by atoms with van der Waals surface area (Å²) in [5.41, 5.74) is 0.580. The van der Waals surface area contributed by atoms with Crippen molar-refractivity contribution in [3.8, 4) is 0 Å². The van der Waals surface area contributed by atoms with Gasteiger partial charge in [0.25, 0.3) is 0 Å². The second kappa shape index (κ2) is 6.22. The lowest BCUT2D eigenvalue weighted by molar-refractivity contribution is -0.132. The van der Waals surface area contributed by atoms with Crippen molar-refractivity contribution < 1.29 is 19.4 Å². The van der Waals surface area contributed by atoms with Crippen LogP contribution in [0.5, 0.6) is 0 Å². The maximum atomic E-state index is 11.8. The zero-order valence-electron chi connectivity index (χ0n) is 11.4. The van der Waals surface area contributed by atoms with E-state index in [1.807, 2.05) is 13.8 Å². The molecule has 0 spiro atoms. The van der Waals surface area contributed by atoms with Crippen LogP contribution in [0.25, 0.3) is 0 Å². The Morgan fingerprint density at radius 3 is 2.63 bits per heavy atom. The van der Waals surface area contributed by atoms with Crippen LogP contribution in [0, 0.1) is 5.92 Å². The molecule has 0 aliphatic carbocycles. The van der Waals surface area contributed by atoms with Crippen LogP contribution in [0.2, 0.25) is 0 Å². The first-order chi connectivity index (χ1) is 8.88. The summed E-state index contributed by atoms with van der Waals surface area (Å²) < 4.78 is 5.05. The van der Waals surface area contributed by atoms with Gasteiger partial charge in [0.2, 0.25) is 0 Å². The monoisotopic (exact) mass is 265 g/mol. The maximum absolute atomic E-state index is 11.8. The molecule has 19 heavy (non-hydrogen) atoms. The van der Waals surface area contributed by atoms with Crippen LogP contribution in [-0.2, 0) is 9.53 Å². The zero-order chi connectivity index (χ0) is 14.6. The Balaban J connectivity index is 2.93. The van der Waals surface area contributed by atoms with Gasteiger partial charge in [-0.25, -0.2) is 9.59 Å². The highest BCUT2D eigenvalue weighted by Gasteiger charge is 2.36. The molecule has 1 fully saturated rings. The highest BCUT2D eigenvalue weighted by atomic mass is 16.6. The molecule has 1 atom stereocenters. The quantitative estimate of drug-likeness (QED) is 0.613. The van der Waals surface area contributed by atoms with Gasteiger partial charge in [-0.2, -0.15) is 0 Å². The summed E-state index contributed by atoms with van der Waals surface area (Å²) in [5.74, 6) is -0.839. The lowest BCUT2D eigenvalue weighted by atomic mass is 10.0. The Morgan fingerprint density at radius 2 is 2.16 bits per heavy atom. The van der Waals surface area contributed by atoms with Gasteiger partial charge in [-0.1, -0.05) is 26.5 Å². The number of amides is 1. The number of nitrogens with zero attached hydrogens (tertiary/aromatic N) is 1. The fourth-order valence-corrected chi connectivity index (χ4v) is 1.80. The van der Waals surface area contributed by atoms with Gasteiger partial charge in [0.15, 0.2) is 0 Å². The van der Waals surface area contributed by atoms with Crippen LogP contribution >= 0.6 is 0 Å². The van der Waals surface area contributed by atoms with Crippen molar-refractivity contribution in [1.82, 2.24) is 4.90 Å². The molecular weight excluding hydrogens is 246 g/mol. The molecule has 0 aromatic carbocycles. The number of carboxylic acids is 1. The number of rotatable bonds is 5. The van der Waals surface area contributed by atoms with Crippen molar-refractivity contribution in [2.24, 2.45) is 5.92 Å².